The molecule has 0 heterocycles. The van der Waals surface area contributed by atoms with E-state index in [9.17, 15) is 14.7 Å². The topological polar surface area (TPSA) is 63.6 Å². The van der Waals surface area contributed by atoms with Crippen molar-refractivity contribution < 1.29 is 19.4 Å². The molecule has 0 fully saturated rings. The van der Waals surface area contributed by atoms with E-state index >= 15 is 0 Å². The summed E-state index contributed by atoms with van der Waals surface area (Å²) in [7, 11) is 1.24. The summed E-state index contributed by atoms with van der Waals surface area (Å²) in [5.74, 6) is -0.761. The number of carbonyl (C=O) groups excluding carboxylic acids is 2. The first-order chi connectivity index (χ1) is 7.04. The molecule has 0 aliphatic carbocycles. The molecular formula is C11H12O4. The Labute approximate surface area is 87.5 Å². The maximum absolute atomic E-state index is 11.1. The minimum Gasteiger partial charge on any atom is -0.507 e. The lowest BCUT2D eigenvalue weighted by Crippen LogP contribution is -2.03. The Kier molecular flexibility index (Phi) is 3.44. The molecule has 1 N–H and O–H groups in total. The van der Waals surface area contributed by atoms with Gasteiger partial charge < -0.3 is 9.84 Å². The van der Waals surface area contributed by atoms with E-state index in [-0.39, 0.29) is 23.5 Å². The second-order valence-corrected chi connectivity index (χ2v) is 3.22. The van der Waals surface area contributed by atoms with Crippen molar-refractivity contribution in [2.45, 2.75) is 13.3 Å². The lowest BCUT2D eigenvalue weighted by molar-refractivity contribution is -0.116. The predicted molar refractivity (Wildman–Crippen MR) is 53.8 cm³/mol. The zero-order chi connectivity index (χ0) is 11.4. The lowest BCUT2D eigenvalue weighted by Gasteiger charge is -2.04. The molecule has 0 bridgehead atoms. The van der Waals surface area contributed by atoms with Crippen molar-refractivity contribution in [1.29, 1.82) is 0 Å². The number of phenols is 1. The normalized spacial score (nSPS) is 9.73. The molecule has 1 rings (SSSR count). The molecule has 4 heteroatoms. The number of phenolic OH excluding ortho intramolecular Hbond substituents is 1. The standard InChI is InChI=1S/C11H12O4/c1-7(12)5-8-3-4-9(10(13)6-8)11(14)15-2/h3-4,6,13H,5H2,1-2H3. The van der Waals surface area contributed by atoms with E-state index in [1.54, 1.807) is 6.07 Å². The molecule has 15 heavy (non-hydrogen) atoms. The molecule has 0 saturated carbocycles. The molecule has 0 unspecified atom stereocenters. The molecular weight excluding hydrogens is 196 g/mol. The highest BCUT2D eigenvalue weighted by atomic mass is 16.5. The van der Waals surface area contributed by atoms with Crippen LogP contribution >= 0.6 is 0 Å². The van der Waals surface area contributed by atoms with Gasteiger partial charge in [-0.15, -0.1) is 0 Å². The van der Waals surface area contributed by atoms with Crippen molar-refractivity contribution in [2.24, 2.45) is 0 Å². The van der Waals surface area contributed by atoms with E-state index in [1.807, 2.05) is 0 Å². The largest absolute Gasteiger partial charge is 0.507 e. The first-order valence-corrected chi connectivity index (χ1v) is 4.44. The zero-order valence-electron chi connectivity index (χ0n) is 8.61. The highest BCUT2D eigenvalue weighted by Gasteiger charge is 2.11. The van der Waals surface area contributed by atoms with Crippen LogP contribution < -0.4 is 0 Å². The monoisotopic (exact) mass is 208 g/mol. The number of methoxy groups -OCH3 is 1. The van der Waals surface area contributed by atoms with Crippen LogP contribution in [0.25, 0.3) is 0 Å². The molecule has 0 aromatic heterocycles. The van der Waals surface area contributed by atoms with Crippen molar-refractivity contribution in [3.05, 3.63) is 29.3 Å². The summed E-state index contributed by atoms with van der Waals surface area (Å²) in [4.78, 5) is 21.9. The van der Waals surface area contributed by atoms with Crippen LogP contribution in [0.2, 0.25) is 0 Å². The minimum absolute atomic E-state index is 0.000202. The van der Waals surface area contributed by atoms with Crippen molar-refractivity contribution >= 4 is 11.8 Å². The quantitative estimate of drug-likeness (QED) is 0.760. The fourth-order valence-electron chi connectivity index (χ4n) is 1.26. The van der Waals surface area contributed by atoms with Crippen molar-refractivity contribution in [2.75, 3.05) is 7.11 Å². The van der Waals surface area contributed by atoms with Crippen LogP contribution in [0.3, 0.4) is 0 Å². The van der Waals surface area contributed by atoms with E-state index in [0.717, 1.165) is 0 Å². The summed E-state index contributed by atoms with van der Waals surface area (Å²) in [6, 6.07) is 4.46. The lowest BCUT2D eigenvalue weighted by atomic mass is 10.1. The molecule has 0 aliphatic heterocycles. The second-order valence-electron chi connectivity index (χ2n) is 3.22. The van der Waals surface area contributed by atoms with Gasteiger partial charge in [-0.25, -0.2) is 4.79 Å². The Morgan fingerprint density at radius 2 is 2.07 bits per heavy atom. The molecule has 0 saturated heterocycles. The molecule has 4 nitrogen and oxygen atoms in total. The third kappa shape index (κ3) is 2.80. The maximum Gasteiger partial charge on any atom is 0.341 e. The van der Waals surface area contributed by atoms with Gasteiger partial charge in [0.05, 0.1) is 7.11 Å². The summed E-state index contributed by atoms with van der Waals surface area (Å²) in [5, 5.41) is 9.49. The van der Waals surface area contributed by atoms with Crippen LogP contribution in [-0.2, 0) is 16.0 Å². The maximum atomic E-state index is 11.1. The number of carbonyl (C=O) groups is 2. The van der Waals surface area contributed by atoms with Gasteiger partial charge in [-0.3, -0.25) is 4.79 Å². The minimum atomic E-state index is -0.595. The molecule has 80 valence electrons. The van der Waals surface area contributed by atoms with E-state index in [4.69, 9.17) is 0 Å². The Bertz CT molecular complexity index is 396. The summed E-state index contributed by atoms with van der Waals surface area (Å²) in [6.07, 6.45) is 0.245. The summed E-state index contributed by atoms with van der Waals surface area (Å²) < 4.78 is 4.47. The Morgan fingerprint density at radius 1 is 1.40 bits per heavy atom. The highest BCUT2D eigenvalue weighted by Crippen LogP contribution is 2.19. The molecule has 0 aliphatic rings. The van der Waals surface area contributed by atoms with E-state index < -0.39 is 5.97 Å². The van der Waals surface area contributed by atoms with Gasteiger partial charge in [0.15, 0.2) is 0 Å². The van der Waals surface area contributed by atoms with Gasteiger partial charge in [-0.05, 0) is 24.6 Å². The van der Waals surface area contributed by atoms with Gasteiger partial charge in [-0.1, -0.05) is 6.07 Å². The van der Waals surface area contributed by atoms with Crippen LogP contribution in [0.4, 0.5) is 0 Å². The Morgan fingerprint density at radius 3 is 2.53 bits per heavy atom. The summed E-state index contributed by atoms with van der Waals surface area (Å²) in [6.45, 7) is 1.46. The van der Waals surface area contributed by atoms with E-state index in [0.29, 0.717) is 5.56 Å². The van der Waals surface area contributed by atoms with Gasteiger partial charge in [0.1, 0.15) is 17.1 Å². The van der Waals surface area contributed by atoms with E-state index in [1.165, 1.54) is 26.2 Å². The number of ketones is 1. The van der Waals surface area contributed by atoms with Gasteiger partial charge in [0.2, 0.25) is 0 Å². The molecule has 1 aromatic rings. The van der Waals surface area contributed by atoms with Crippen LogP contribution in [0, 0.1) is 0 Å². The number of hydrogen-bond acceptors (Lipinski definition) is 4. The first kappa shape index (κ1) is 11.2. The molecule has 0 radical (unpaired) electrons. The smallest absolute Gasteiger partial charge is 0.341 e. The molecule has 0 amide bonds. The van der Waals surface area contributed by atoms with Crippen LogP contribution in [0.5, 0.6) is 5.75 Å². The number of benzene rings is 1. The summed E-state index contributed by atoms with van der Waals surface area (Å²) >= 11 is 0. The summed E-state index contributed by atoms with van der Waals surface area (Å²) in [5.41, 5.74) is 0.775. The van der Waals surface area contributed by atoms with Crippen molar-refractivity contribution in [3.63, 3.8) is 0 Å². The number of rotatable bonds is 3. The Balaban J connectivity index is 2.97. The van der Waals surface area contributed by atoms with Gasteiger partial charge in [0, 0.05) is 6.42 Å². The fraction of sp³-hybridized carbons (Fsp3) is 0.273. The number of hydrogen-bond donors (Lipinski definition) is 1. The van der Waals surface area contributed by atoms with Gasteiger partial charge in [-0.2, -0.15) is 0 Å². The predicted octanol–water partition coefficient (Wildman–Crippen LogP) is 1.31. The number of esters is 1. The number of Topliss-reactive ketones (excluding diaryl/α,β-unsaturated/α-hetero) is 1. The van der Waals surface area contributed by atoms with Crippen LogP contribution in [0.15, 0.2) is 18.2 Å². The Hall–Kier alpha value is -1.84. The SMILES string of the molecule is COC(=O)c1ccc(CC(C)=O)cc1O. The number of aromatic hydroxyl groups is 1. The van der Waals surface area contributed by atoms with E-state index in [2.05, 4.69) is 4.74 Å². The van der Waals surface area contributed by atoms with Crippen LogP contribution in [-0.4, -0.2) is 24.0 Å². The molecule has 0 spiro atoms. The molecule has 1 aromatic carbocycles. The fourth-order valence-corrected chi connectivity index (χ4v) is 1.26. The van der Waals surface area contributed by atoms with Crippen molar-refractivity contribution in [1.82, 2.24) is 0 Å². The first-order valence-electron chi connectivity index (χ1n) is 4.44. The average Bonchev–Trinajstić information content (AvgIpc) is 2.16. The highest BCUT2D eigenvalue weighted by molar-refractivity contribution is 5.92. The average molecular weight is 208 g/mol. The number of ether oxygens (including phenoxy) is 1. The van der Waals surface area contributed by atoms with Crippen LogP contribution in [0.1, 0.15) is 22.8 Å². The third-order valence-corrected chi connectivity index (χ3v) is 1.92. The second kappa shape index (κ2) is 4.59. The van der Waals surface area contributed by atoms with Gasteiger partial charge >= 0.3 is 5.97 Å². The van der Waals surface area contributed by atoms with Crippen molar-refractivity contribution in [3.8, 4) is 5.75 Å². The molecule has 0 atom stereocenters. The van der Waals surface area contributed by atoms with Gasteiger partial charge in [0.25, 0.3) is 0 Å². The third-order valence-electron chi connectivity index (χ3n) is 1.92. The zero-order valence-corrected chi connectivity index (χ0v) is 8.61.